The lowest BCUT2D eigenvalue weighted by molar-refractivity contribution is 0.0955. The summed E-state index contributed by atoms with van der Waals surface area (Å²) in [5.74, 6) is 2.46. The number of hydrogen-bond acceptors (Lipinski definition) is 5. The molecule has 30 heavy (non-hydrogen) atoms. The molecule has 1 fully saturated rings. The van der Waals surface area contributed by atoms with Crippen molar-refractivity contribution in [3.63, 3.8) is 0 Å². The highest BCUT2D eigenvalue weighted by atomic mass is 16.1. The van der Waals surface area contributed by atoms with E-state index in [-0.39, 0.29) is 5.91 Å². The van der Waals surface area contributed by atoms with E-state index in [1.54, 1.807) is 0 Å². The van der Waals surface area contributed by atoms with Gasteiger partial charge in [0.05, 0.1) is 0 Å². The molecular weight excluding hydrogens is 376 g/mol. The molecule has 0 radical (unpaired) electrons. The van der Waals surface area contributed by atoms with Crippen molar-refractivity contribution in [2.45, 2.75) is 26.2 Å². The number of aromatic nitrogens is 3. The molecule has 1 saturated heterocycles. The van der Waals surface area contributed by atoms with Gasteiger partial charge in [0.1, 0.15) is 17.5 Å². The molecule has 3 aromatic rings. The third kappa shape index (κ3) is 4.97. The first-order valence-electron chi connectivity index (χ1n) is 10.6. The van der Waals surface area contributed by atoms with E-state index in [0.29, 0.717) is 18.7 Å². The van der Waals surface area contributed by atoms with Crippen molar-refractivity contribution >= 4 is 17.5 Å². The first-order valence-corrected chi connectivity index (χ1v) is 10.6. The fourth-order valence-corrected chi connectivity index (χ4v) is 3.69. The summed E-state index contributed by atoms with van der Waals surface area (Å²) in [7, 11) is 0. The van der Waals surface area contributed by atoms with E-state index >= 15 is 0 Å². The highest BCUT2D eigenvalue weighted by Crippen LogP contribution is 2.20. The molecule has 7 nitrogen and oxygen atoms in total. The smallest absolute Gasteiger partial charge is 0.251 e. The summed E-state index contributed by atoms with van der Waals surface area (Å²) in [6.07, 6.45) is 7.67. The highest BCUT2D eigenvalue weighted by molar-refractivity contribution is 5.94. The Morgan fingerprint density at radius 2 is 1.73 bits per heavy atom. The summed E-state index contributed by atoms with van der Waals surface area (Å²) >= 11 is 0. The third-order valence-corrected chi connectivity index (χ3v) is 5.25. The van der Waals surface area contributed by atoms with Crippen molar-refractivity contribution in [1.29, 1.82) is 0 Å². The zero-order valence-corrected chi connectivity index (χ0v) is 17.3. The van der Waals surface area contributed by atoms with Gasteiger partial charge < -0.3 is 20.1 Å². The van der Waals surface area contributed by atoms with E-state index in [0.717, 1.165) is 36.2 Å². The van der Waals surface area contributed by atoms with Crippen LogP contribution in [0.15, 0.2) is 54.9 Å². The predicted octanol–water partition coefficient (Wildman–Crippen LogP) is 3.41. The van der Waals surface area contributed by atoms with Crippen LogP contribution in [-0.2, 0) is 0 Å². The van der Waals surface area contributed by atoms with E-state index in [9.17, 15) is 4.79 Å². The van der Waals surface area contributed by atoms with Gasteiger partial charge in [-0.2, -0.15) is 0 Å². The van der Waals surface area contributed by atoms with E-state index in [1.165, 1.54) is 19.3 Å². The van der Waals surface area contributed by atoms with Crippen molar-refractivity contribution in [2.75, 3.05) is 36.4 Å². The zero-order valence-electron chi connectivity index (χ0n) is 17.3. The molecule has 0 spiro atoms. The van der Waals surface area contributed by atoms with E-state index < -0.39 is 0 Å². The lowest BCUT2D eigenvalue weighted by Gasteiger charge is -2.28. The molecule has 2 N–H and O–H groups in total. The number of piperidine rings is 1. The fourth-order valence-electron chi connectivity index (χ4n) is 3.69. The molecule has 156 valence electrons. The van der Waals surface area contributed by atoms with E-state index in [4.69, 9.17) is 0 Å². The molecule has 4 rings (SSSR count). The van der Waals surface area contributed by atoms with Crippen LogP contribution in [0.2, 0.25) is 0 Å². The fraction of sp³-hybridized carbons (Fsp3) is 0.348. The van der Waals surface area contributed by atoms with Gasteiger partial charge in [-0.3, -0.25) is 4.79 Å². The van der Waals surface area contributed by atoms with Crippen LogP contribution >= 0.6 is 0 Å². The molecule has 1 aliphatic rings. The summed E-state index contributed by atoms with van der Waals surface area (Å²) in [5.41, 5.74) is 1.68. The molecule has 0 unspecified atom stereocenters. The van der Waals surface area contributed by atoms with Crippen molar-refractivity contribution in [3.05, 3.63) is 66.2 Å². The van der Waals surface area contributed by atoms with E-state index in [2.05, 4.69) is 25.5 Å². The maximum Gasteiger partial charge on any atom is 0.251 e. The van der Waals surface area contributed by atoms with Crippen LogP contribution in [0, 0.1) is 6.92 Å². The second kappa shape index (κ2) is 9.43. The summed E-state index contributed by atoms with van der Waals surface area (Å²) < 4.78 is 2.01. The molecule has 0 saturated carbocycles. The number of amides is 1. The van der Waals surface area contributed by atoms with Gasteiger partial charge in [-0.15, -0.1) is 0 Å². The average molecular weight is 405 g/mol. The highest BCUT2D eigenvalue weighted by Gasteiger charge is 2.13. The second-order valence-electron chi connectivity index (χ2n) is 7.53. The largest absolute Gasteiger partial charge is 0.368 e. The minimum atomic E-state index is -0.0799. The Bertz CT molecular complexity index is 962. The van der Waals surface area contributed by atoms with Crippen LogP contribution in [0.1, 0.15) is 35.4 Å². The van der Waals surface area contributed by atoms with Crippen LogP contribution in [0.3, 0.4) is 0 Å². The maximum atomic E-state index is 12.4. The van der Waals surface area contributed by atoms with E-state index in [1.807, 2.05) is 66.3 Å². The molecule has 1 aromatic carbocycles. The number of nitrogens with zero attached hydrogens (tertiary/aromatic N) is 4. The summed E-state index contributed by atoms with van der Waals surface area (Å²) in [5, 5.41) is 6.26. The molecular formula is C23H28N6O. The maximum absolute atomic E-state index is 12.4. The van der Waals surface area contributed by atoms with Crippen LogP contribution in [0.25, 0.3) is 5.69 Å². The summed E-state index contributed by atoms with van der Waals surface area (Å²) in [6, 6.07) is 13.5. The Hall–Kier alpha value is -3.35. The van der Waals surface area contributed by atoms with Crippen LogP contribution in [0.5, 0.6) is 0 Å². The first kappa shape index (κ1) is 19.9. The third-order valence-electron chi connectivity index (χ3n) is 5.25. The van der Waals surface area contributed by atoms with Gasteiger partial charge >= 0.3 is 0 Å². The minimum Gasteiger partial charge on any atom is -0.368 e. The monoisotopic (exact) mass is 404 g/mol. The number of carbonyl (C=O) groups excluding carboxylic acids is 1. The topological polar surface area (TPSA) is 75.1 Å². The molecule has 0 aliphatic carbocycles. The first-order chi connectivity index (χ1) is 14.7. The SMILES string of the molecule is Cc1nc(NCCNC(=O)c2ccc(-n3cccc3)cc2)cc(N2CCCCC2)n1. The van der Waals surface area contributed by atoms with Crippen LogP contribution in [-0.4, -0.2) is 46.6 Å². The van der Waals surface area contributed by atoms with Crippen molar-refractivity contribution < 1.29 is 4.79 Å². The molecule has 1 aliphatic heterocycles. The Labute approximate surface area is 177 Å². The van der Waals surface area contributed by atoms with Gasteiger partial charge in [-0.25, -0.2) is 9.97 Å². The Kier molecular flexibility index (Phi) is 6.27. The predicted molar refractivity (Wildman–Crippen MR) is 119 cm³/mol. The number of benzene rings is 1. The molecule has 3 heterocycles. The standard InChI is InChI=1S/C23H28N6O/c1-18-26-21(17-22(27-18)29-15-3-2-4-16-29)24-11-12-25-23(30)19-7-9-20(10-8-19)28-13-5-6-14-28/h5-10,13-14,17H,2-4,11-12,15-16H2,1H3,(H,25,30)(H,24,26,27). The van der Waals surface area contributed by atoms with Gasteiger partial charge in [0.2, 0.25) is 0 Å². The second-order valence-corrected chi connectivity index (χ2v) is 7.53. The van der Waals surface area contributed by atoms with Crippen LogP contribution < -0.4 is 15.5 Å². The molecule has 0 bridgehead atoms. The minimum absolute atomic E-state index is 0.0799. The van der Waals surface area contributed by atoms with Crippen LogP contribution in [0.4, 0.5) is 11.6 Å². The number of nitrogens with one attached hydrogen (secondary N) is 2. The van der Waals surface area contributed by atoms with Gasteiger partial charge in [0, 0.05) is 55.9 Å². The number of aryl methyl sites for hydroxylation is 1. The number of anilines is 2. The van der Waals surface area contributed by atoms with Gasteiger partial charge in [0.25, 0.3) is 5.91 Å². The Morgan fingerprint density at radius 3 is 2.47 bits per heavy atom. The van der Waals surface area contributed by atoms with Crippen molar-refractivity contribution in [3.8, 4) is 5.69 Å². The van der Waals surface area contributed by atoms with Crippen molar-refractivity contribution in [1.82, 2.24) is 19.9 Å². The number of carbonyl (C=O) groups is 1. The summed E-state index contributed by atoms with van der Waals surface area (Å²) in [4.78, 5) is 23.8. The molecule has 2 aromatic heterocycles. The molecule has 0 atom stereocenters. The van der Waals surface area contributed by atoms with Gasteiger partial charge in [-0.1, -0.05) is 0 Å². The Morgan fingerprint density at radius 1 is 1.00 bits per heavy atom. The molecule has 7 heteroatoms. The zero-order chi connectivity index (χ0) is 20.8. The number of rotatable bonds is 7. The van der Waals surface area contributed by atoms with Gasteiger partial charge in [0.15, 0.2) is 0 Å². The number of hydrogen-bond donors (Lipinski definition) is 2. The quantitative estimate of drug-likeness (QED) is 0.590. The lowest BCUT2D eigenvalue weighted by Crippen LogP contribution is -2.31. The van der Waals surface area contributed by atoms with Crippen molar-refractivity contribution in [2.24, 2.45) is 0 Å². The Balaban J connectivity index is 1.27. The van der Waals surface area contributed by atoms with Gasteiger partial charge in [-0.05, 0) is 62.6 Å². The summed E-state index contributed by atoms with van der Waals surface area (Å²) in [6.45, 7) is 5.13. The molecule has 1 amide bonds. The average Bonchev–Trinajstić information content (AvgIpc) is 3.32. The lowest BCUT2D eigenvalue weighted by atomic mass is 10.1. The normalized spacial score (nSPS) is 13.8.